The number of benzene rings is 2. The van der Waals surface area contributed by atoms with Crippen molar-refractivity contribution in [1.82, 2.24) is 30.6 Å². The molecule has 0 fully saturated rings. The fourth-order valence-electron chi connectivity index (χ4n) is 6.77. The molecule has 0 spiro atoms. The number of carboxylic acids is 4. The molecule has 28 nitrogen and oxygen atoms in total. The zero-order chi connectivity index (χ0) is 49.7. The maximum atomic E-state index is 12.3. The van der Waals surface area contributed by atoms with Crippen molar-refractivity contribution >= 4 is 133 Å². The van der Waals surface area contributed by atoms with Crippen LogP contribution in [-0.4, -0.2) is 167 Å². The summed E-state index contributed by atoms with van der Waals surface area (Å²) < 4.78 is 0. The number of nitrogens with zero attached hydrogens (tertiary/aromatic N) is 4. The quantitative estimate of drug-likeness (QED) is 0.0293. The summed E-state index contributed by atoms with van der Waals surface area (Å²) in [5.74, 6) is -6.66. The summed E-state index contributed by atoms with van der Waals surface area (Å²) in [4.78, 5) is 131. The molecule has 0 saturated heterocycles. The molecule has 2 aliphatic rings. The SMILES string of the molecule is Nc1nc2c(c(=O)[nH]1)N(C=O)C(CNc1ccc(C(=O)NC(CCC(=O)O)C(=O)[O-])cc1)CN2.Nc1nc2c(c(=O)[nH]1)N(C=O)[C@@H](CNc1ccc(C(=O)NC(CCC(=O)O)C(=O)[O-])cc1)CN2.[Ca+2]. The number of fused-ring (bicyclic) bond motifs is 2. The van der Waals surface area contributed by atoms with E-state index < -0.39 is 83.8 Å². The third kappa shape index (κ3) is 14.5. The normalized spacial score (nSPS) is 15.2. The Morgan fingerprint density at radius 3 is 1.32 bits per heavy atom. The van der Waals surface area contributed by atoms with Gasteiger partial charge in [0.1, 0.15) is 0 Å². The predicted octanol–water partition coefficient (Wildman–Crippen LogP) is -4.51. The number of carboxylic acid groups (broad SMARTS) is 4. The topological polar surface area (TPSA) is 445 Å². The smallest absolute Gasteiger partial charge is 0.548 e. The van der Waals surface area contributed by atoms with Gasteiger partial charge >= 0.3 is 49.7 Å². The molecule has 4 atom stereocenters. The maximum Gasteiger partial charge on any atom is 2.00 e. The van der Waals surface area contributed by atoms with Crippen LogP contribution in [0.25, 0.3) is 0 Å². The Bertz CT molecular complexity index is 2490. The average molecular weight is 985 g/mol. The monoisotopic (exact) mass is 984 g/mol. The molecular formula is C40H44CaN14O14. The van der Waals surface area contributed by atoms with Crippen LogP contribution in [0.2, 0.25) is 0 Å². The van der Waals surface area contributed by atoms with Crippen LogP contribution in [0, 0.1) is 0 Å². The first-order valence-corrected chi connectivity index (χ1v) is 20.3. The number of carbonyl (C=O) groups excluding carboxylic acids is 6. The van der Waals surface area contributed by atoms with Crippen LogP contribution in [0.15, 0.2) is 58.1 Å². The molecule has 0 aliphatic carbocycles. The molecule has 69 heavy (non-hydrogen) atoms. The Balaban J connectivity index is 0.000000296. The Hall–Kier alpha value is -7.98. The molecule has 6 rings (SSSR count). The van der Waals surface area contributed by atoms with Crippen molar-refractivity contribution in [3.05, 3.63) is 80.4 Å². The molecule has 0 bridgehead atoms. The summed E-state index contributed by atoms with van der Waals surface area (Å²) in [5, 5.41) is 56.3. The summed E-state index contributed by atoms with van der Waals surface area (Å²) in [7, 11) is 0. The number of carbonyl (C=O) groups is 8. The van der Waals surface area contributed by atoms with Crippen molar-refractivity contribution in [3.63, 3.8) is 0 Å². The molecule has 2 aromatic carbocycles. The van der Waals surface area contributed by atoms with Crippen molar-refractivity contribution in [2.24, 2.45) is 0 Å². The Morgan fingerprint density at radius 2 is 1.01 bits per heavy atom. The fourth-order valence-corrected chi connectivity index (χ4v) is 6.77. The zero-order valence-corrected chi connectivity index (χ0v) is 38.4. The van der Waals surface area contributed by atoms with Gasteiger partial charge in [-0.2, -0.15) is 9.97 Å². The standard InChI is InChI=1S/2C20H23N7O7.Ca/c2*21-20-25-16-15(18(32)26-20)27(9-28)12(8-23-16)7-22-11-3-1-10(2-4-11)17(31)24-13(19(33)34)5-6-14(29)30;/h2*1-4,9,12-13,22H,5-8H2,(H,24,31)(H,29,30)(H,33,34)(H4,21,23,25,26,32);/q;;+2/p-2/t12-,13?;;/m0../s1. The van der Waals surface area contributed by atoms with Gasteiger partial charge in [0, 0.05) is 61.5 Å². The van der Waals surface area contributed by atoms with Gasteiger partial charge in [0.15, 0.2) is 23.0 Å². The minimum atomic E-state index is -1.58. The molecule has 14 N–H and O–H groups in total. The first-order chi connectivity index (χ1) is 32.4. The van der Waals surface area contributed by atoms with Crippen LogP contribution >= 0.6 is 0 Å². The Labute approximate surface area is 418 Å². The molecule has 0 radical (unpaired) electrons. The number of nitrogen functional groups attached to an aromatic ring is 2. The summed E-state index contributed by atoms with van der Waals surface area (Å²) in [5.41, 5.74) is 11.6. The van der Waals surface area contributed by atoms with Crippen LogP contribution in [0.1, 0.15) is 46.4 Å². The molecule has 4 aromatic rings. The number of amides is 4. The first-order valence-electron chi connectivity index (χ1n) is 20.3. The summed E-state index contributed by atoms with van der Waals surface area (Å²) in [6.07, 6.45) is -0.417. The van der Waals surface area contributed by atoms with Crippen LogP contribution in [0.4, 0.5) is 46.3 Å². The van der Waals surface area contributed by atoms with Gasteiger partial charge < -0.3 is 83.2 Å². The van der Waals surface area contributed by atoms with Gasteiger partial charge in [-0.1, -0.05) is 0 Å². The fraction of sp³-hybridized carbons (Fsp3) is 0.300. The third-order valence-electron chi connectivity index (χ3n) is 10.2. The second-order valence-corrected chi connectivity index (χ2v) is 14.9. The number of H-pyrrole nitrogens is 2. The second-order valence-electron chi connectivity index (χ2n) is 14.9. The minimum Gasteiger partial charge on any atom is -0.548 e. The number of hydrogen-bond donors (Lipinski definition) is 12. The summed E-state index contributed by atoms with van der Waals surface area (Å²) in [6, 6.07) is 8.35. The maximum absolute atomic E-state index is 12.3. The molecule has 4 amide bonds. The summed E-state index contributed by atoms with van der Waals surface area (Å²) in [6.45, 7) is 1.11. The number of aliphatic carboxylic acids is 4. The van der Waals surface area contributed by atoms with Gasteiger partial charge in [0.05, 0.1) is 36.1 Å². The Kier molecular flexibility index (Phi) is 19.2. The molecule has 29 heteroatoms. The van der Waals surface area contributed by atoms with E-state index in [-0.39, 0.29) is 110 Å². The van der Waals surface area contributed by atoms with Crippen LogP contribution in [-0.2, 0) is 28.8 Å². The van der Waals surface area contributed by atoms with Gasteiger partial charge in [-0.25, -0.2) is 0 Å². The molecule has 2 aromatic heterocycles. The molecule has 2 aliphatic heterocycles. The van der Waals surface area contributed by atoms with E-state index in [0.717, 1.165) is 0 Å². The van der Waals surface area contributed by atoms with E-state index in [1.807, 2.05) is 0 Å². The van der Waals surface area contributed by atoms with Crippen molar-refractivity contribution in [2.45, 2.75) is 49.9 Å². The number of nitrogens with two attached hydrogens (primary N) is 2. The second kappa shape index (κ2) is 24.7. The van der Waals surface area contributed by atoms with E-state index in [0.29, 0.717) is 37.3 Å². The Morgan fingerprint density at radius 1 is 0.667 bits per heavy atom. The van der Waals surface area contributed by atoms with Gasteiger partial charge in [-0.05, 0) is 61.4 Å². The number of nitrogens with one attached hydrogen (secondary N) is 8. The zero-order valence-electron chi connectivity index (χ0n) is 36.2. The van der Waals surface area contributed by atoms with E-state index >= 15 is 0 Å². The van der Waals surface area contributed by atoms with Crippen molar-refractivity contribution < 1.29 is 58.8 Å². The number of anilines is 8. The number of rotatable bonds is 20. The van der Waals surface area contributed by atoms with Gasteiger partial charge in [-0.3, -0.25) is 48.3 Å². The first kappa shape index (κ1) is 53.6. The van der Waals surface area contributed by atoms with Crippen LogP contribution in [0.5, 0.6) is 0 Å². The van der Waals surface area contributed by atoms with Gasteiger partial charge in [-0.15, -0.1) is 0 Å². The van der Waals surface area contributed by atoms with E-state index in [4.69, 9.17) is 21.7 Å². The predicted molar refractivity (Wildman–Crippen MR) is 242 cm³/mol. The molecule has 4 heterocycles. The minimum absolute atomic E-state index is 0. The van der Waals surface area contributed by atoms with Crippen LogP contribution in [0.3, 0.4) is 0 Å². The van der Waals surface area contributed by atoms with Crippen LogP contribution < -0.4 is 74.5 Å². The largest absolute Gasteiger partial charge is 2.00 e. The van der Waals surface area contributed by atoms with E-state index in [9.17, 15) is 58.2 Å². The van der Waals surface area contributed by atoms with Crippen molar-refractivity contribution in [1.29, 1.82) is 0 Å². The summed E-state index contributed by atoms with van der Waals surface area (Å²) >= 11 is 0. The van der Waals surface area contributed by atoms with E-state index in [2.05, 4.69) is 51.8 Å². The molecular weight excluding hydrogens is 941 g/mol. The van der Waals surface area contributed by atoms with Gasteiger partial charge in [0.25, 0.3) is 22.9 Å². The van der Waals surface area contributed by atoms with E-state index in [1.165, 1.54) is 34.1 Å². The van der Waals surface area contributed by atoms with Crippen molar-refractivity contribution in [3.8, 4) is 0 Å². The number of hydrogen-bond acceptors (Lipinski definition) is 20. The van der Waals surface area contributed by atoms with Crippen molar-refractivity contribution in [2.75, 3.05) is 68.7 Å². The third-order valence-corrected chi connectivity index (χ3v) is 10.2. The molecule has 3 unspecified atom stereocenters. The molecule has 0 saturated carbocycles. The van der Waals surface area contributed by atoms with Gasteiger partial charge in [0.2, 0.25) is 24.7 Å². The van der Waals surface area contributed by atoms with E-state index in [1.54, 1.807) is 24.3 Å². The number of aromatic nitrogens is 4. The number of aromatic amines is 2. The average Bonchev–Trinajstić information content (AvgIpc) is 3.29. The molecule has 360 valence electrons.